The van der Waals surface area contributed by atoms with Gasteiger partial charge in [0.1, 0.15) is 0 Å². The molecule has 0 saturated carbocycles. The Hall–Kier alpha value is 0.806. The first kappa shape index (κ1) is 12.5. The largest absolute Gasteiger partial charge is 1.00 e. The van der Waals surface area contributed by atoms with Crippen molar-refractivity contribution in [3.8, 4) is 0 Å². The number of hydrogen-bond donors (Lipinski definition) is 1. The van der Waals surface area contributed by atoms with Gasteiger partial charge in [-0.3, -0.25) is 0 Å². The number of carboxylic acids is 1. The van der Waals surface area contributed by atoms with Crippen molar-refractivity contribution in [2.45, 2.75) is 0 Å². The summed E-state index contributed by atoms with van der Waals surface area (Å²) in [5.74, 6) is -1.09. The number of carbonyl (C=O) groups is 1. The summed E-state index contributed by atoms with van der Waals surface area (Å²) in [5, 5.41) is 12.2. The smallest absolute Gasteiger partial charge is 0.549 e. The van der Waals surface area contributed by atoms with Crippen molar-refractivity contribution in [1.82, 2.24) is 5.32 Å². The fourth-order valence-corrected chi connectivity index (χ4v) is 0.276. The fourth-order valence-electron chi connectivity index (χ4n) is 0.276. The van der Waals surface area contributed by atoms with Gasteiger partial charge in [-0.1, -0.05) is 6.08 Å². The molecule has 0 radical (unpaired) electrons. The van der Waals surface area contributed by atoms with E-state index < -0.39 is 5.97 Å². The predicted octanol–water partition coefficient (Wildman–Crippen LogP) is -4.48. The van der Waals surface area contributed by atoms with E-state index in [9.17, 15) is 9.90 Å². The van der Waals surface area contributed by atoms with Gasteiger partial charge in [0.2, 0.25) is 0 Å². The summed E-state index contributed by atoms with van der Waals surface area (Å²) in [7, 11) is 0. The van der Waals surface area contributed by atoms with Gasteiger partial charge in [-0.05, 0) is 0 Å². The molecule has 0 spiro atoms. The van der Waals surface area contributed by atoms with Crippen molar-refractivity contribution >= 4 is 5.97 Å². The molecule has 0 aromatic heterocycles. The Morgan fingerprint density at radius 2 is 2.33 bits per heavy atom. The second-order valence-electron chi connectivity index (χ2n) is 1.29. The standard InChI is InChI=1S/C5H9NO2.K/c1-2-3-6-4-5(7)8;/h2,6H,1,3-4H2,(H,7,8);/q;+1/p-1. The van der Waals surface area contributed by atoms with Crippen LogP contribution in [0.15, 0.2) is 12.7 Å². The van der Waals surface area contributed by atoms with Crippen LogP contribution in [-0.4, -0.2) is 19.1 Å². The summed E-state index contributed by atoms with van der Waals surface area (Å²) in [4.78, 5) is 9.67. The van der Waals surface area contributed by atoms with Crippen molar-refractivity contribution in [3.63, 3.8) is 0 Å². The zero-order chi connectivity index (χ0) is 6.41. The molecule has 9 heavy (non-hydrogen) atoms. The van der Waals surface area contributed by atoms with Crippen LogP contribution in [0.4, 0.5) is 0 Å². The molecule has 0 saturated heterocycles. The van der Waals surface area contributed by atoms with E-state index in [4.69, 9.17) is 0 Å². The van der Waals surface area contributed by atoms with Crippen molar-refractivity contribution in [2.75, 3.05) is 13.1 Å². The minimum atomic E-state index is -1.09. The predicted molar refractivity (Wildman–Crippen MR) is 28.1 cm³/mol. The van der Waals surface area contributed by atoms with Crippen LogP contribution in [-0.2, 0) is 4.79 Å². The molecule has 0 bridgehead atoms. The van der Waals surface area contributed by atoms with Crippen LogP contribution in [0.1, 0.15) is 0 Å². The minimum absolute atomic E-state index is 0. The van der Waals surface area contributed by atoms with E-state index in [1.807, 2.05) is 0 Å². The average molecular weight is 153 g/mol. The molecule has 0 heterocycles. The van der Waals surface area contributed by atoms with Gasteiger partial charge in [0, 0.05) is 13.1 Å². The average Bonchev–Trinajstić information content (AvgIpc) is 1.66. The van der Waals surface area contributed by atoms with Crippen LogP contribution in [0.3, 0.4) is 0 Å². The quantitative estimate of drug-likeness (QED) is 0.252. The Morgan fingerprint density at radius 1 is 1.78 bits per heavy atom. The van der Waals surface area contributed by atoms with Gasteiger partial charge in [0.15, 0.2) is 0 Å². The molecule has 0 unspecified atom stereocenters. The molecule has 0 atom stereocenters. The normalized spacial score (nSPS) is 7.56. The van der Waals surface area contributed by atoms with E-state index >= 15 is 0 Å². The zero-order valence-corrected chi connectivity index (χ0v) is 8.64. The summed E-state index contributed by atoms with van der Waals surface area (Å²) in [6.07, 6.45) is 1.59. The Balaban J connectivity index is 0. The molecular formula is C5H8KNO2. The molecule has 0 fully saturated rings. The fraction of sp³-hybridized carbons (Fsp3) is 0.400. The molecule has 0 aliphatic carbocycles. The first-order valence-corrected chi connectivity index (χ1v) is 2.29. The van der Waals surface area contributed by atoms with Gasteiger partial charge in [0.25, 0.3) is 0 Å². The van der Waals surface area contributed by atoms with Gasteiger partial charge in [-0.2, -0.15) is 0 Å². The van der Waals surface area contributed by atoms with Gasteiger partial charge < -0.3 is 15.2 Å². The molecular weight excluding hydrogens is 145 g/mol. The monoisotopic (exact) mass is 153 g/mol. The summed E-state index contributed by atoms with van der Waals surface area (Å²) in [5.41, 5.74) is 0. The van der Waals surface area contributed by atoms with Crippen molar-refractivity contribution in [3.05, 3.63) is 12.7 Å². The Bertz CT molecular complexity index is 95.0. The Labute approximate surface area is 96.9 Å². The first-order valence-electron chi connectivity index (χ1n) is 2.29. The molecule has 0 aromatic carbocycles. The Morgan fingerprint density at radius 3 is 2.67 bits per heavy atom. The summed E-state index contributed by atoms with van der Waals surface area (Å²) in [6, 6.07) is 0. The maximum absolute atomic E-state index is 9.67. The van der Waals surface area contributed by atoms with Gasteiger partial charge >= 0.3 is 51.4 Å². The van der Waals surface area contributed by atoms with E-state index in [1.54, 1.807) is 6.08 Å². The molecule has 3 nitrogen and oxygen atoms in total. The number of nitrogens with one attached hydrogen (secondary N) is 1. The van der Waals surface area contributed by atoms with Gasteiger partial charge in [-0.15, -0.1) is 6.58 Å². The SMILES string of the molecule is C=CCNCC(=O)[O-].[K+]. The summed E-state index contributed by atoms with van der Waals surface area (Å²) in [6.45, 7) is 3.78. The molecule has 0 rings (SSSR count). The number of hydrogen-bond acceptors (Lipinski definition) is 3. The maximum Gasteiger partial charge on any atom is 1.00 e. The molecule has 0 aromatic rings. The molecule has 46 valence electrons. The number of carboxylic acid groups (broad SMARTS) is 1. The van der Waals surface area contributed by atoms with Crippen LogP contribution in [0.25, 0.3) is 0 Å². The third-order valence-electron chi connectivity index (χ3n) is 0.558. The summed E-state index contributed by atoms with van der Waals surface area (Å²) < 4.78 is 0. The third-order valence-corrected chi connectivity index (χ3v) is 0.558. The van der Waals surface area contributed by atoms with Crippen LogP contribution >= 0.6 is 0 Å². The topological polar surface area (TPSA) is 52.2 Å². The van der Waals surface area contributed by atoms with E-state index in [1.165, 1.54) is 0 Å². The number of rotatable bonds is 4. The van der Waals surface area contributed by atoms with Gasteiger partial charge in [-0.25, -0.2) is 0 Å². The maximum atomic E-state index is 9.67. The Kier molecular flexibility index (Phi) is 12.2. The van der Waals surface area contributed by atoms with E-state index in [2.05, 4.69) is 11.9 Å². The molecule has 0 amide bonds. The zero-order valence-electron chi connectivity index (χ0n) is 5.52. The minimum Gasteiger partial charge on any atom is -0.549 e. The second-order valence-corrected chi connectivity index (χ2v) is 1.29. The first-order chi connectivity index (χ1) is 3.77. The van der Waals surface area contributed by atoms with Crippen LogP contribution < -0.4 is 61.8 Å². The molecule has 0 aliphatic rings. The molecule has 4 heteroatoms. The van der Waals surface area contributed by atoms with E-state index in [0.717, 1.165) is 0 Å². The summed E-state index contributed by atoms with van der Waals surface area (Å²) >= 11 is 0. The second kappa shape index (κ2) is 8.81. The van der Waals surface area contributed by atoms with Gasteiger partial charge in [0.05, 0.1) is 5.97 Å². The molecule has 0 aliphatic heterocycles. The van der Waals surface area contributed by atoms with E-state index in [-0.39, 0.29) is 57.9 Å². The van der Waals surface area contributed by atoms with Crippen molar-refractivity contribution < 1.29 is 61.3 Å². The molecule has 1 N–H and O–H groups in total. The van der Waals surface area contributed by atoms with E-state index in [0.29, 0.717) is 6.54 Å². The number of aliphatic carboxylic acids is 1. The van der Waals surface area contributed by atoms with Crippen molar-refractivity contribution in [1.29, 1.82) is 0 Å². The van der Waals surface area contributed by atoms with Crippen LogP contribution in [0.5, 0.6) is 0 Å². The third kappa shape index (κ3) is 12.1. The number of carbonyl (C=O) groups excluding carboxylic acids is 1. The van der Waals surface area contributed by atoms with Crippen LogP contribution in [0.2, 0.25) is 0 Å². The van der Waals surface area contributed by atoms with Crippen molar-refractivity contribution in [2.24, 2.45) is 0 Å². The van der Waals surface area contributed by atoms with Crippen LogP contribution in [0, 0.1) is 0 Å².